The van der Waals surface area contributed by atoms with Crippen LogP contribution < -0.4 is 14.8 Å². The minimum atomic E-state index is -0.611. The van der Waals surface area contributed by atoms with Crippen molar-refractivity contribution in [3.8, 4) is 11.5 Å². The number of Topliss-reactive ketones (excluding diaryl/α,β-unsaturated/α-hetero) is 1. The highest BCUT2D eigenvalue weighted by atomic mass is 16.6. The van der Waals surface area contributed by atoms with Gasteiger partial charge in [-0.05, 0) is 44.2 Å². The van der Waals surface area contributed by atoms with Gasteiger partial charge in [-0.2, -0.15) is 0 Å². The van der Waals surface area contributed by atoms with E-state index in [-0.39, 0.29) is 5.78 Å². The predicted octanol–water partition coefficient (Wildman–Crippen LogP) is 4.04. The van der Waals surface area contributed by atoms with Gasteiger partial charge in [0.05, 0.1) is 12.0 Å². The van der Waals surface area contributed by atoms with Crippen LogP contribution in [-0.4, -0.2) is 17.5 Å². The third kappa shape index (κ3) is 3.51. The zero-order chi connectivity index (χ0) is 16.4. The molecule has 0 aromatic heterocycles. The number of rotatable bonds is 2. The smallest absolute Gasteiger partial charge is 0.417 e. The van der Waals surface area contributed by atoms with Crippen molar-refractivity contribution in [1.29, 1.82) is 0 Å². The number of para-hydroxylation sites is 1. The second-order valence-electron chi connectivity index (χ2n) is 6.00. The largest absolute Gasteiger partial charge is 0.487 e. The van der Waals surface area contributed by atoms with Gasteiger partial charge in [0.15, 0.2) is 5.78 Å². The van der Waals surface area contributed by atoms with Gasteiger partial charge < -0.3 is 9.47 Å². The minimum Gasteiger partial charge on any atom is -0.487 e. The standard InChI is InChI=1S/C18H17NO4/c1-18(2)11-15(20)14-10-12(8-9-16(14)23-18)19-17(21)22-13-6-4-3-5-7-13/h3-10H,11H2,1-2H3,(H,19,21). The van der Waals surface area contributed by atoms with Crippen LogP contribution in [-0.2, 0) is 0 Å². The molecule has 1 aliphatic rings. The molecule has 23 heavy (non-hydrogen) atoms. The summed E-state index contributed by atoms with van der Waals surface area (Å²) >= 11 is 0. The Kier molecular flexibility index (Phi) is 3.78. The Morgan fingerprint density at radius 2 is 1.91 bits per heavy atom. The fraction of sp³-hybridized carbons (Fsp3) is 0.222. The summed E-state index contributed by atoms with van der Waals surface area (Å²) in [6.45, 7) is 3.74. The zero-order valence-corrected chi connectivity index (χ0v) is 13.0. The SMILES string of the molecule is CC1(C)CC(=O)c2cc(NC(=O)Oc3ccccc3)ccc2O1. The molecular formula is C18H17NO4. The monoisotopic (exact) mass is 311 g/mol. The average molecular weight is 311 g/mol. The highest BCUT2D eigenvalue weighted by molar-refractivity contribution is 6.01. The lowest BCUT2D eigenvalue weighted by Gasteiger charge is -2.31. The van der Waals surface area contributed by atoms with E-state index in [0.29, 0.717) is 29.2 Å². The molecule has 0 fully saturated rings. The van der Waals surface area contributed by atoms with Crippen molar-refractivity contribution in [3.63, 3.8) is 0 Å². The lowest BCUT2D eigenvalue weighted by molar-refractivity contribution is 0.0620. The highest BCUT2D eigenvalue weighted by Crippen LogP contribution is 2.34. The summed E-state index contributed by atoms with van der Waals surface area (Å²) in [7, 11) is 0. The van der Waals surface area contributed by atoms with Crippen LogP contribution in [0.1, 0.15) is 30.6 Å². The molecular weight excluding hydrogens is 294 g/mol. The van der Waals surface area contributed by atoms with Crippen LogP contribution in [0.5, 0.6) is 11.5 Å². The maximum Gasteiger partial charge on any atom is 0.417 e. The summed E-state index contributed by atoms with van der Waals surface area (Å²) in [5.41, 5.74) is 0.453. The molecule has 0 unspecified atom stereocenters. The van der Waals surface area contributed by atoms with E-state index in [1.165, 1.54) is 0 Å². The van der Waals surface area contributed by atoms with Gasteiger partial charge >= 0.3 is 6.09 Å². The topological polar surface area (TPSA) is 64.6 Å². The second kappa shape index (κ2) is 5.76. The molecule has 5 heteroatoms. The lowest BCUT2D eigenvalue weighted by atomic mass is 9.93. The minimum absolute atomic E-state index is 0.00340. The van der Waals surface area contributed by atoms with Crippen molar-refractivity contribution < 1.29 is 19.1 Å². The number of carbonyl (C=O) groups excluding carboxylic acids is 2. The molecule has 1 aliphatic heterocycles. The Labute approximate surface area is 134 Å². The van der Waals surface area contributed by atoms with E-state index in [1.807, 2.05) is 19.9 Å². The van der Waals surface area contributed by atoms with E-state index >= 15 is 0 Å². The predicted molar refractivity (Wildman–Crippen MR) is 86.2 cm³/mol. The number of fused-ring (bicyclic) bond motifs is 1. The van der Waals surface area contributed by atoms with Crippen molar-refractivity contribution in [1.82, 2.24) is 0 Å². The Morgan fingerprint density at radius 3 is 2.65 bits per heavy atom. The number of benzene rings is 2. The number of nitrogens with one attached hydrogen (secondary N) is 1. The van der Waals surface area contributed by atoms with Crippen LogP contribution in [0.15, 0.2) is 48.5 Å². The molecule has 0 saturated carbocycles. The van der Waals surface area contributed by atoms with E-state index in [0.717, 1.165) is 0 Å². The van der Waals surface area contributed by atoms with E-state index in [2.05, 4.69) is 5.32 Å². The Hall–Kier alpha value is -2.82. The summed E-state index contributed by atoms with van der Waals surface area (Å²) in [6, 6.07) is 13.7. The summed E-state index contributed by atoms with van der Waals surface area (Å²) in [4.78, 5) is 24.1. The van der Waals surface area contributed by atoms with Crippen LogP contribution in [0.2, 0.25) is 0 Å². The summed E-state index contributed by atoms with van der Waals surface area (Å²) < 4.78 is 10.9. The molecule has 1 heterocycles. The maximum absolute atomic E-state index is 12.2. The van der Waals surface area contributed by atoms with Gasteiger partial charge in [0.2, 0.25) is 0 Å². The summed E-state index contributed by atoms with van der Waals surface area (Å²) in [5.74, 6) is 0.980. The third-order valence-electron chi connectivity index (χ3n) is 3.45. The van der Waals surface area contributed by atoms with Crippen LogP contribution in [0.25, 0.3) is 0 Å². The molecule has 0 saturated heterocycles. The first-order valence-corrected chi connectivity index (χ1v) is 7.33. The number of amides is 1. The molecule has 0 bridgehead atoms. The molecule has 3 rings (SSSR count). The van der Waals surface area contributed by atoms with Crippen molar-refractivity contribution in [2.75, 3.05) is 5.32 Å². The fourth-order valence-corrected chi connectivity index (χ4v) is 2.47. The first-order chi connectivity index (χ1) is 10.9. The van der Waals surface area contributed by atoms with Crippen molar-refractivity contribution >= 4 is 17.6 Å². The van der Waals surface area contributed by atoms with Gasteiger partial charge in [-0.25, -0.2) is 4.79 Å². The molecule has 0 radical (unpaired) electrons. The van der Waals surface area contributed by atoms with Crippen LogP contribution >= 0.6 is 0 Å². The van der Waals surface area contributed by atoms with Crippen molar-refractivity contribution in [2.24, 2.45) is 0 Å². The highest BCUT2D eigenvalue weighted by Gasteiger charge is 2.32. The quantitative estimate of drug-likeness (QED) is 0.909. The van der Waals surface area contributed by atoms with E-state index in [1.54, 1.807) is 42.5 Å². The van der Waals surface area contributed by atoms with Gasteiger partial charge in [0.1, 0.15) is 17.1 Å². The van der Waals surface area contributed by atoms with Crippen LogP contribution in [0.4, 0.5) is 10.5 Å². The second-order valence-corrected chi connectivity index (χ2v) is 6.00. The van der Waals surface area contributed by atoms with E-state index < -0.39 is 11.7 Å². The van der Waals surface area contributed by atoms with Gasteiger partial charge in [0.25, 0.3) is 0 Å². The Morgan fingerprint density at radius 1 is 1.17 bits per heavy atom. The number of ether oxygens (including phenoxy) is 2. The number of hydrogen-bond donors (Lipinski definition) is 1. The molecule has 2 aromatic rings. The first-order valence-electron chi connectivity index (χ1n) is 7.33. The number of carbonyl (C=O) groups is 2. The number of ketones is 1. The molecule has 0 spiro atoms. The van der Waals surface area contributed by atoms with Crippen LogP contribution in [0.3, 0.4) is 0 Å². The van der Waals surface area contributed by atoms with E-state index in [9.17, 15) is 9.59 Å². The summed E-state index contributed by atoms with van der Waals surface area (Å²) in [5, 5.41) is 2.61. The van der Waals surface area contributed by atoms with Gasteiger partial charge in [0, 0.05) is 5.69 Å². The number of anilines is 1. The van der Waals surface area contributed by atoms with Gasteiger partial charge in [-0.3, -0.25) is 10.1 Å². The maximum atomic E-state index is 12.2. The fourth-order valence-electron chi connectivity index (χ4n) is 2.47. The summed E-state index contributed by atoms with van der Waals surface area (Å²) in [6.07, 6.45) is -0.307. The van der Waals surface area contributed by atoms with Gasteiger partial charge in [-0.1, -0.05) is 18.2 Å². The lowest BCUT2D eigenvalue weighted by Crippen LogP contribution is -2.35. The van der Waals surface area contributed by atoms with Gasteiger partial charge in [-0.15, -0.1) is 0 Å². The van der Waals surface area contributed by atoms with Crippen molar-refractivity contribution in [3.05, 3.63) is 54.1 Å². The molecule has 1 N–H and O–H groups in total. The van der Waals surface area contributed by atoms with Crippen molar-refractivity contribution in [2.45, 2.75) is 25.9 Å². The third-order valence-corrected chi connectivity index (χ3v) is 3.45. The number of hydrogen-bond acceptors (Lipinski definition) is 4. The molecule has 0 atom stereocenters. The molecule has 5 nitrogen and oxygen atoms in total. The molecule has 1 amide bonds. The van der Waals surface area contributed by atoms with Crippen LogP contribution in [0, 0.1) is 0 Å². The molecule has 0 aliphatic carbocycles. The molecule has 2 aromatic carbocycles. The zero-order valence-electron chi connectivity index (χ0n) is 13.0. The molecule has 118 valence electrons. The van der Waals surface area contributed by atoms with E-state index in [4.69, 9.17) is 9.47 Å². The first kappa shape index (κ1) is 15.1. The Balaban J connectivity index is 1.74. The normalized spacial score (nSPS) is 15.3. The average Bonchev–Trinajstić information content (AvgIpc) is 2.48. The Bertz CT molecular complexity index is 753.